The first kappa shape index (κ1) is 22.9. The molecule has 1 N–H and O–H groups in total. The van der Waals surface area contributed by atoms with Crippen LogP contribution in [0.3, 0.4) is 0 Å². The van der Waals surface area contributed by atoms with E-state index in [-0.39, 0.29) is 23.7 Å². The number of nitrogens with zero attached hydrogens (tertiary/aromatic N) is 1. The van der Waals surface area contributed by atoms with Gasteiger partial charge in [0.2, 0.25) is 5.75 Å². The zero-order chi connectivity index (χ0) is 21.2. The third-order valence-corrected chi connectivity index (χ3v) is 4.89. The van der Waals surface area contributed by atoms with Crippen LogP contribution in [0.5, 0.6) is 17.2 Å². The Kier molecular flexibility index (Phi) is 9.10. The summed E-state index contributed by atoms with van der Waals surface area (Å²) in [7, 11) is 0. The van der Waals surface area contributed by atoms with Gasteiger partial charge in [-0.3, -0.25) is 4.79 Å². The topological polar surface area (TPSA) is 60.7 Å². The molecule has 2 aromatic rings. The van der Waals surface area contributed by atoms with Gasteiger partial charge in [-0.1, -0.05) is 45.1 Å². The second-order valence-electron chi connectivity index (χ2n) is 7.67. The minimum atomic E-state index is -0.292. The fourth-order valence-electron chi connectivity index (χ4n) is 3.16. The molecule has 0 atom stereocenters. The minimum absolute atomic E-state index is 0.0187. The Hall–Kier alpha value is -2.43. The lowest BCUT2D eigenvalue weighted by molar-refractivity contribution is 0.309. The number of pyridine rings is 1. The summed E-state index contributed by atoms with van der Waals surface area (Å²) in [6.45, 7) is 9.70. The first-order valence-electron chi connectivity index (χ1n) is 10.8. The van der Waals surface area contributed by atoms with Crippen molar-refractivity contribution in [3.05, 3.63) is 40.2 Å². The van der Waals surface area contributed by atoms with Gasteiger partial charge in [0.25, 0.3) is 5.56 Å². The molecule has 0 amide bonds. The molecule has 29 heavy (non-hydrogen) atoms. The molecule has 0 aliphatic rings. The van der Waals surface area contributed by atoms with Crippen molar-refractivity contribution in [3.8, 4) is 17.2 Å². The Bertz CT molecular complexity index is 879. The van der Waals surface area contributed by atoms with Gasteiger partial charge in [-0.2, -0.15) is 0 Å². The van der Waals surface area contributed by atoms with Gasteiger partial charge >= 0.3 is 0 Å². The van der Waals surface area contributed by atoms with Crippen LogP contribution in [0.15, 0.2) is 34.6 Å². The van der Waals surface area contributed by atoms with E-state index in [0.29, 0.717) is 29.8 Å². The van der Waals surface area contributed by atoms with Crippen molar-refractivity contribution in [3.63, 3.8) is 0 Å². The molecule has 5 nitrogen and oxygen atoms in total. The van der Waals surface area contributed by atoms with E-state index in [0.717, 1.165) is 44.1 Å². The fraction of sp³-hybridized carbons (Fsp3) is 0.542. The maximum absolute atomic E-state index is 13.1. The van der Waals surface area contributed by atoms with Crippen molar-refractivity contribution >= 4 is 10.9 Å². The first-order chi connectivity index (χ1) is 14.0. The summed E-state index contributed by atoms with van der Waals surface area (Å²) in [6.07, 6.45) is 8.16. The average molecular weight is 402 g/mol. The second-order valence-corrected chi connectivity index (χ2v) is 7.67. The molecule has 5 heteroatoms. The van der Waals surface area contributed by atoms with Gasteiger partial charge in [-0.25, -0.2) is 0 Å². The van der Waals surface area contributed by atoms with Crippen molar-refractivity contribution in [1.29, 1.82) is 0 Å². The monoisotopic (exact) mass is 401 g/mol. The Morgan fingerprint density at radius 2 is 1.83 bits per heavy atom. The molecule has 0 unspecified atom stereocenters. The third kappa shape index (κ3) is 6.28. The molecule has 0 fully saturated rings. The fourth-order valence-corrected chi connectivity index (χ4v) is 3.16. The van der Waals surface area contributed by atoms with E-state index >= 15 is 0 Å². The highest BCUT2D eigenvalue weighted by atomic mass is 16.5. The number of rotatable bonds is 12. The molecule has 1 heterocycles. The van der Waals surface area contributed by atoms with E-state index in [9.17, 15) is 9.90 Å². The number of fused-ring (bicyclic) bond motifs is 1. The molecule has 2 rings (SSSR count). The number of hydrogen-bond acceptors (Lipinski definition) is 4. The Balaban J connectivity index is 2.45. The van der Waals surface area contributed by atoms with Crippen molar-refractivity contribution in [2.24, 2.45) is 0 Å². The van der Waals surface area contributed by atoms with Gasteiger partial charge < -0.3 is 19.1 Å². The van der Waals surface area contributed by atoms with Crippen LogP contribution in [0.25, 0.3) is 10.9 Å². The SMILES string of the molecule is CCCCCCn1c(=O)c(OCC=C(C)C)c(O)c2ccc(OCCCC)cc21. The zero-order valence-electron chi connectivity index (χ0n) is 18.3. The highest BCUT2D eigenvalue weighted by molar-refractivity contribution is 5.88. The molecule has 160 valence electrons. The molecule has 0 aliphatic carbocycles. The maximum Gasteiger partial charge on any atom is 0.297 e. The number of allylic oxidation sites excluding steroid dienone is 1. The van der Waals surface area contributed by atoms with E-state index in [1.165, 1.54) is 0 Å². The maximum atomic E-state index is 13.1. The summed E-state index contributed by atoms with van der Waals surface area (Å²) in [5.41, 5.74) is 1.49. The predicted octanol–water partition coefficient (Wildman–Crippen LogP) is 5.81. The molecule has 0 saturated heterocycles. The molecular formula is C24H35NO4. The number of ether oxygens (including phenoxy) is 2. The van der Waals surface area contributed by atoms with E-state index in [2.05, 4.69) is 13.8 Å². The van der Waals surface area contributed by atoms with Gasteiger partial charge in [0, 0.05) is 18.0 Å². The predicted molar refractivity (Wildman–Crippen MR) is 119 cm³/mol. The Labute approximate surface area is 174 Å². The highest BCUT2D eigenvalue weighted by Gasteiger charge is 2.18. The van der Waals surface area contributed by atoms with E-state index in [1.54, 1.807) is 4.57 Å². The molecule has 1 aromatic carbocycles. The average Bonchev–Trinajstić information content (AvgIpc) is 2.70. The van der Waals surface area contributed by atoms with Gasteiger partial charge in [0.1, 0.15) is 12.4 Å². The van der Waals surface area contributed by atoms with Crippen molar-refractivity contribution in [2.45, 2.75) is 72.8 Å². The van der Waals surface area contributed by atoms with Crippen LogP contribution >= 0.6 is 0 Å². The summed E-state index contributed by atoms with van der Waals surface area (Å²) in [5.74, 6) is 0.632. The van der Waals surface area contributed by atoms with Crippen LogP contribution in [-0.4, -0.2) is 22.9 Å². The molecule has 0 saturated carbocycles. The molecule has 1 aromatic heterocycles. The summed E-state index contributed by atoms with van der Waals surface area (Å²) >= 11 is 0. The van der Waals surface area contributed by atoms with Gasteiger partial charge in [0.05, 0.1) is 12.1 Å². The second kappa shape index (κ2) is 11.5. The molecule has 0 radical (unpaired) electrons. The van der Waals surface area contributed by atoms with E-state index in [4.69, 9.17) is 9.47 Å². The summed E-state index contributed by atoms with van der Waals surface area (Å²) in [6, 6.07) is 5.50. The Morgan fingerprint density at radius 1 is 1.07 bits per heavy atom. The van der Waals surface area contributed by atoms with Crippen LogP contribution in [0, 0.1) is 0 Å². The molecule has 0 spiro atoms. The van der Waals surface area contributed by atoms with Crippen molar-refractivity contribution in [2.75, 3.05) is 13.2 Å². The lowest BCUT2D eigenvalue weighted by atomic mass is 10.1. The van der Waals surface area contributed by atoms with Crippen LogP contribution in [-0.2, 0) is 6.54 Å². The number of benzene rings is 1. The number of aromatic hydroxyl groups is 1. The summed E-state index contributed by atoms with van der Waals surface area (Å²) in [5, 5.41) is 11.3. The lowest BCUT2D eigenvalue weighted by Gasteiger charge is -2.16. The van der Waals surface area contributed by atoms with Crippen LogP contribution in [0.1, 0.15) is 66.2 Å². The number of aryl methyl sites for hydroxylation is 1. The molecular weight excluding hydrogens is 366 g/mol. The van der Waals surface area contributed by atoms with Gasteiger partial charge in [-0.05, 0) is 44.9 Å². The summed E-state index contributed by atoms with van der Waals surface area (Å²) < 4.78 is 13.2. The smallest absolute Gasteiger partial charge is 0.297 e. The van der Waals surface area contributed by atoms with Crippen molar-refractivity contribution in [1.82, 2.24) is 4.57 Å². The molecule has 0 bridgehead atoms. The Morgan fingerprint density at radius 3 is 2.52 bits per heavy atom. The zero-order valence-corrected chi connectivity index (χ0v) is 18.3. The largest absolute Gasteiger partial charge is 0.504 e. The number of hydrogen-bond donors (Lipinski definition) is 1. The normalized spacial score (nSPS) is 10.9. The van der Waals surface area contributed by atoms with Crippen LogP contribution in [0.4, 0.5) is 0 Å². The van der Waals surface area contributed by atoms with Crippen LogP contribution in [0.2, 0.25) is 0 Å². The summed E-state index contributed by atoms with van der Waals surface area (Å²) in [4.78, 5) is 13.1. The first-order valence-corrected chi connectivity index (χ1v) is 10.8. The highest BCUT2D eigenvalue weighted by Crippen LogP contribution is 2.33. The third-order valence-electron chi connectivity index (χ3n) is 4.89. The van der Waals surface area contributed by atoms with E-state index in [1.807, 2.05) is 38.1 Å². The van der Waals surface area contributed by atoms with E-state index < -0.39 is 0 Å². The molecule has 0 aliphatic heterocycles. The minimum Gasteiger partial charge on any atom is -0.504 e. The quantitative estimate of drug-likeness (QED) is 0.360. The lowest BCUT2D eigenvalue weighted by Crippen LogP contribution is -2.23. The standard InChI is InChI=1S/C24H35NO4/c1-5-7-9-10-14-25-21-17-19(28-15-8-6-2)11-12-20(21)22(26)23(24(25)27)29-16-13-18(3)4/h11-13,17,26H,5-10,14-16H2,1-4H3. The number of aromatic nitrogens is 1. The number of unbranched alkanes of at least 4 members (excludes halogenated alkanes) is 4. The van der Waals surface area contributed by atoms with Crippen molar-refractivity contribution < 1.29 is 14.6 Å². The van der Waals surface area contributed by atoms with Gasteiger partial charge in [-0.15, -0.1) is 0 Å². The van der Waals surface area contributed by atoms with Gasteiger partial charge in [0.15, 0.2) is 5.75 Å². The van der Waals surface area contributed by atoms with Crippen LogP contribution < -0.4 is 15.0 Å².